The van der Waals surface area contributed by atoms with Crippen molar-refractivity contribution in [3.8, 4) is 0 Å². The highest BCUT2D eigenvalue weighted by Crippen LogP contribution is 2.30. The molecule has 0 heterocycles. The molecule has 3 heteroatoms. The fourth-order valence-electron chi connectivity index (χ4n) is 1.72. The standard InChI is InChI=1S/C12H16ClNO/c1-8-6-11(8)14-7-12(15)9-4-2-3-5-10(9)13/h2-5,8,11-12,14-15H,6-7H2,1H3. The van der Waals surface area contributed by atoms with Crippen LogP contribution in [-0.2, 0) is 0 Å². The molecule has 82 valence electrons. The summed E-state index contributed by atoms with van der Waals surface area (Å²) in [5.74, 6) is 0.753. The fourth-order valence-corrected chi connectivity index (χ4v) is 1.99. The van der Waals surface area contributed by atoms with E-state index >= 15 is 0 Å². The van der Waals surface area contributed by atoms with Gasteiger partial charge in [0, 0.05) is 23.2 Å². The van der Waals surface area contributed by atoms with Crippen LogP contribution < -0.4 is 5.32 Å². The average molecular weight is 226 g/mol. The van der Waals surface area contributed by atoms with Crippen molar-refractivity contribution in [1.82, 2.24) is 5.32 Å². The van der Waals surface area contributed by atoms with Crippen LogP contribution in [0, 0.1) is 5.92 Å². The second-order valence-corrected chi connectivity index (χ2v) is 4.67. The van der Waals surface area contributed by atoms with E-state index < -0.39 is 6.10 Å². The molecule has 0 aromatic heterocycles. The van der Waals surface area contributed by atoms with E-state index in [1.54, 1.807) is 6.07 Å². The second kappa shape index (κ2) is 4.52. The highest BCUT2D eigenvalue weighted by atomic mass is 35.5. The molecule has 3 unspecified atom stereocenters. The van der Waals surface area contributed by atoms with Crippen LogP contribution in [0.4, 0.5) is 0 Å². The van der Waals surface area contributed by atoms with Crippen molar-refractivity contribution in [3.63, 3.8) is 0 Å². The van der Waals surface area contributed by atoms with Gasteiger partial charge in [0.15, 0.2) is 0 Å². The van der Waals surface area contributed by atoms with Gasteiger partial charge in [-0.05, 0) is 18.4 Å². The summed E-state index contributed by atoms with van der Waals surface area (Å²) in [5, 5.41) is 13.9. The van der Waals surface area contributed by atoms with Crippen molar-refractivity contribution in [2.45, 2.75) is 25.5 Å². The Bertz CT molecular complexity index is 342. The first-order valence-corrected chi connectivity index (χ1v) is 5.72. The van der Waals surface area contributed by atoms with Gasteiger partial charge in [-0.2, -0.15) is 0 Å². The quantitative estimate of drug-likeness (QED) is 0.825. The van der Waals surface area contributed by atoms with Gasteiger partial charge >= 0.3 is 0 Å². The van der Waals surface area contributed by atoms with Crippen molar-refractivity contribution in [2.24, 2.45) is 5.92 Å². The molecule has 0 radical (unpaired) electrons. The third-order valence-corrected chi connectivity index (χ3v) is 3.29. The Labute approximate surface area is 95.3 Å². The Kier molecular flexibility index (Phi) is 3.29. The van der Waals surface area contributed by atoms with E-state index in [1.807, 2.05) is 18.2 Å². The Morgan fingerprint density at radius 3 is 2.80 bits per heavy atom. The molecule has 0 saturated heterocycles. The third kappa shape index (κ3) is 2.71. The summed E-state index contributed by atoms with van der Waals surface area (Å²) < 4.78 is 0. The van der Waals surface area contributed by atoms with Gasteiger partial charge in [0.25, 0.3) is 0 Å². The van der Waals surface area contributed by atoms with Crippen LogP contribution in [0.25, 0.3) is 0 Å². The van der Waals surface area contributed by atoms with E-state index in [4.69, 9.17) is 11.6 Å². The number of aliphatic hydroxyl groups is 1. The zero-order valence-corrected chi connectivity index (χ0v) is 9.54. The number of nitrogens with one attached hydrogen (secondary N) is 1. The molecule has 1 aliphatic rings. The number of halogens is 1. The lowest BCUT2D eigenvalue weighted by Crippen LogP contribution is -2.24. The number of aliphatic hydroxyl groups excluding tert-OH is 1. The number of hydrogen-bond donors (Lipinski definition) is 2. The summed E-state index contributed by atoms with van der Waals surface area (Å²) in [6, 6.07) is 8.02. The number of benzene rings is 1. The minimum absolute atomic E-state index is 0.508. The average Bonchev–Trinajstić information content (AvgIpc) is 2.92. The normalized spacial score (nSPS) is 26.3. The molecule has 1 fully saturated rings. The van der Waals surface area contributed by atoms with E-state index in [0.29, 0.717) is 17.6 Å². The second-order valence-electron chi connectivity index (χ2n) is 4.27. The highest BCUT2D eigenvalue weighted by Gasteiger charge is 2.32. The minimum Gasteiger partial charge on any atom is -0.387 e. The lowest BCUT2D eigenvalue weighted by atomic mass is 10.1. The molecule has 1 aliphatic carbocycles. The van der Waals surface area contributed by atoms with Crippen LogP contribution >= 0.6 is 11.6 Å². The molecule has 2 rings (SSSR count). The Morgan fingerprint density at radius 1 is 1.53 bits per heavy atom. The van der Waals surface area contributed by atoms with Gasteiger partial charge in [-0.15, -0.1) is 0 Å². The smallest absolute Gasteiger partial charge is 0.0928 e. The molecule has 0 bridgehead atoms. The Morgan fingerprint density at radius 2 is 2.20 bits per heavy atom. The summed E-state index contributed by atoms with van der Waals surface area (Å²) in [6.45, 7) is 2.79. The van der Waals surface area contributed by atoms with Gasteiger partial charge in [0.05, 0.1) is 6.10 Å². The highest BCUT2D eigenvalue weighted by molar-refractivity contribution is 6.31. The first-order chi connectivity index (χ1) is 7.18. The molecule has 0 aliphatic heterocycles. The zero-order chi connectivity index (χ0) is 10.8. The topological polar surface area (TPSA) is 32.3 Å². The summed E-state index contributed by atoms with van der Waals surface area (Å²) >= 11 is 5.99. The molecule has 15 heavy (non-hydrogen) atoms. The lowest BCUT2D eigenvalue weighted by molar-refractivity contribution is 0.174. The molecular formula is C12H16ClNO. The summed E-state index contributed by atoms with van der Waals surface area (Å²) in [7, 11) is 0. The predicted octanol–water partition coefficient (Wildman–Crippen LogP) is 2.37. The molecule has 1 aromatic rings. The lowest BCUT2D eigenvalue weighted by Gasteiger charge is -2.13. The summed E-state index contributed by atoms with van der Waals surface area (Å²) in [6.07, 6.45) is 0.710. The van der Waals surface area contributed by atoms with E-state index in [-0.39, 0.29) is 0 Å². The zero-order valence-electron chi connectivity index (χ0n) is 8.78. The van der Waals surface area contributed by atoms with Gasteiger partial charge in [-0.1, -0.05) is 36.7 Å². The maximum absolute atomic E-state index is 9.92. The van der Waals surface area contributed by atoms with Crippen molar-refractivity contribution >= 4 is 11.6 Å². The van der Waals surface area contributed by atoms with Crippen LogP contribution in [0.15, 0.2) is 24.3 Å². The van der Waals surface area contributed by atoms with Gasteiger partial charge in [-0.25, -0.2) is 0 Å². The molecule has 3 atom stereocenters. The van der Waals surface area contributed by atoms with E-state index in [0.717, 1.165) is 11.5 Å². The van der Waals surface area contributed by atoms with Crippen molar-refractivity contribution in [2.75, 3.05) is 6.54 Å². The summed E-state index contributed by atoms with van der Waals surface area (Å²) in [5.41, 5.74) is 0.806. The van der Waals surface area contributed by atoms with E-state index in [2.05, 4.69) is 12.2 Å². The number of rotatable bonds is 4. The van der Waals surface area contributed by atoms with E-state index in [9.17, 15) is 5.11 Å². The van der Waals surface area contributed by atoms with Crippen LogP contribution in [0.2, 0.25) is 5.02 Å². The molecule has 2 nitrogen and oxygen atoms in total. The maximum Gasteiger partial charge on any atom is 0.0928 e. The minimum atomic E-state index is -0.508. The molecule has 0 amide bonds. The molecule has 0 spiro atoms. The largest absolute Gasteiger partial charge is 0.387 e. The van der Waals surface area contributed by atoms with Gasteiger partial charge in [-0.3, -0.25) is 0 Å². The van der Waals surface area contributed by atoms with Crippen LogP contribution in [0.1, 0.15) is 25.0 Å². The van der Waals surface area contributed by atoms with Crippen LogP contribution in [0.5, 0.6) is 0 Å². The van der Waals surface area contributed by atoms with Gasteiger partial charge < -0.3 is 10.4 Å². The first kappa shape index (κ1) is 10.9. The molecule has 2 N–H and O–H groups in total. The van der Waals surface area contributed by atoms with E-state index in [1.165, 1.54) is 6.42 Å². The van der Waals surface area contributed by atoms with Gasteiger partial charge in [0.1, 0.15) is 0 Å². The van der Waals surface area contributed by atoms with Crippen molar-refractivity contribution < 1.29 is 5.11 Å². The van der Waals surface area contributed by atoms with Crippen LogP contribution in [0.3, 0.4) is 0 Å². The van der Waals surface area contributed by atoms with Gasteiger partial charge in [0.2, 0.25) is 0 Å². The fraction of sp³-hybridized carbons (Fsp3) is 0.500. The molecular weight excluding hydrogens is 210 g/mol. The van der Waals surface area contributed by atoms with Crippen molar-refractivity contribution in [3.05, 3.63) is 34.9 Å². The molecule has 1 saturated carbocycles. The number of hydrogen-bond acceptors (Lipinski definition) is 2. The third-order valence-electron chi connectivity index (χ3n) is 2.95. The Balaban J connectivity index is 1.90. The molecule has 1 aromatic carbocycles. The SMILES string of the molecule is CC1CC1NCC(O)c1ccccc1Cl. The van der Waals surface area contributed by atoms with Crippen molar-refractivity contribution in [1.29, 1.82) is 0 Å². The predicted molar refractivity (Wildman–Crippen MR) is 62.0 cm³/mol. The monoisotopic (exact) mass is 225 g/mol. The maximum atomic E-state index is 9.92. The summed E-state index contributed by atoms with van der Waals surface area (Å²) in [4.78, 5) is 0. The van der Waals surface area contributed by atoms with Crippen LogP contribution in [-0.4, -0.2) is 17.7 Å². The first-order valence-electron chi connectivity index (χ1n) is 5.34. The Hall–Kier alpha value is -0.570.